The third-order valence-corrected chi connectivity index (χ3v) is 3.86. The Hall–Kier alpha value is -1.95. The van der Waals surface area contributed by atoms with Crippen LogP contribution in [0.15, 0.2) is 24.3 Å². The average molecular weight is 292 g/mol. The maximum atomic E-state index is 11.6. The van der Waals surface area contributed by atoms with Crippen LogP contribution in [0.4, 0.5) is 0 Å². The van der Waals surface area contributed by atoms with Gasteiger partial charge in [0.15, 0.2) is 0 Å². The summed E-state index contributed by atoms with van der Waals surface area (Å²) in [6, 6.07) is 7.85. The second kappa shape index (κ2) is 7.00. The Morgan fingerprint density at radius 3 is 2.70 bits per heavy atom. The SMILES string of the molecule is O=C(O)CCCCC(=O)NCc1nc2ccccc2s1. The summed E-state index contributed by atoms with van der Waals surface area (Å²) >= 11 is 1.57. The molecule has 0 saturated heterocycles. The van der Waals surface area contributed by atoms with Crippen molar-refractivity contribution < 1.29 is 14.7 Å². The number of para-hydroxylation sites is 1. The van der Waals surface area contributed by atoms with Crippen molar-refractivity contribution in [2.24, 2.45) is 0 Å². The van der Waals surface area contributed by atoms with E-state index in [-0.39, 0.29) is 12.3 Å². The lowest BCUT2D eigenvalue weighted by Crippen LogP contribution is -2.22. The van der Waals surface area contributed by atoms with Crippen molar-refractivity contribution in [3.63, 3.8) is 0 Å². The van der Waals surface area contributed by atoms with Crippen LogP contribution in [0.25, 0.3) is 10.2 Å². The van der Waals surface area contributed by atoms with Crippen molar-refractivity contribution >= 4 is 33.4 Å². The van der Waals surface area contributed by atoms with Crippen LogP contribution in [0.2, 0.25) is 0 Å². The molecule has 6 heteroatoms. The maximum absolute atomic E-state index is 11.6. The Morgan fingerprint density at radius 1 is 1.20 bits per heavy atom. The number of rotatable bonds is 7. The molecule has 0 radical (unpaired) electrons. The van der Waals surface area contributed by atoms with Gasteiger partial charge in [-0.15, -0.1) is 11.3 Å². The van der Waals surface area contributed by atoms with Gasteiger partial charge in [0.25, 0.3) is 0 Å². The number of aliphatic carboxylic acids is 1. The summed E-state index contributed by atoms with van der Waals surface area (Å²) in [7, 11) is 0. The number of unbranched alkanes of at least 4 members (excludes halogenated alkanes) is 1. The Labute approximate surface area is 120 Å². The lowest BCUT2D eigenvalue weighted by molar-refractivity contribution is -0.137. The van der Waals surface area contributed by atoms with Crippen molar-refractivity contribution in [3.05, 3.63) is 29.3 Å². The number of carbonyl (C=O) groups is 2. The topological polar surface area (TPSA) is 79.3 Å². The highest BCUT2D eigenvalue weighted by molar-refractivity contribution is 7.18. The van der Waals surface area contributed by atoms with Gasteiger partial charge < -0.3 is 10.4 Å². The minimum Gasteiger partial charge on any atom is -0.481 e. The largest absolute Gasteiger partial charge is 0.481 e. The fourth-order valence-electron chi connectivity index (χ4n) is 1.82. The number of carboxylic acids is 1. The van der Waals surface area contributed by atoms with Crippen LogP contribution < -0.4 is 5.32 Å². The van der Waals surface area contributed by atoms with E-state index in [1.165, 1.54) is 0 Å². The van der Waals surface area contributed by atoms with E-state index in [4.69, 9.17) is 5.11 Å². The van der Waals surface area contributed by atoms with Crippen LogP contribution in [-0.4, -0.2) is 22.0 Å². The first-order valence-corrected chi connectivity index (χ1v) is 7.30. The molecular formula is C14H16N2O3S. The molecule has 1 amide bonds. The van der Waals surface area contributed by atoms with E-state index in [9.17, 15) is 9.59 Å². The van der Waals surface area contributed by atoms with Gasteiger partial charge in [-0.3, -0.25) is 9.59 Å². The minimum absolute atomic E-state index is 0.0605. The van der Waals surface area contributed by atoms with Gasteiger partial charge in [-0.25, -0.2) is 4.98 Å². The quantitative estimate of drug-likeness (QED) is 0.769. The highest BCUT2D eigenvalue weighted by Gasteiger charge is 2.06. The van der Waals surface area contributed by atoms with Gasteiger partial charge in [0, 0.05) is 12.8 Å². The van der Waals surface area contributed by atoms with E-state index in [1.54, 1.807) is 11.3 Å². The number of hydrogen-bond acceptors (Lipinski definition) is 4. The second-order valence-electron chi connectivity index (χ2n) is 4.45. The van der Waals surface area contributed by atoms with Gasteiger partial charge in [-0.1, -0.05) is 12.1 Å². The van der Waals surface area contributed by atoms with Crippen LogP contribution in [0, 0.1) is 0 Å². The molecule has 0 aliphatic heterocycles. The number of carbonyl (C=O) groups excluding carboxylic acids is 1. The average Bonchev–Trinajstić information content (AvgIpc) is 2.84. The summed E-state index contributed by atoms with van der Waals surface area (Å²) in [5, 5.41) is 12.2. The molecule has 2 rings (SSSR count). The molecule has 2 aromatic rings. The number of thiazole rings is 1. The third kappa shape index (κ3) is 4.31. The van der Waals surface area contributed by atoms with Crippen LogP contribution in [0.3, 0.4) is 0 Å². The summed E-state index contributed by atoms with van der Waals surface area (Å²) in [4.78, 5) is 26.4. The number of carboxylic acid groups (broad SMARTS) is 1. The van der Waals surface area contributed by atoms with Crippen LogP contribution in [0.1, 0.15) is 30.7 Å². The van der Waals surface area contributed by atoms with Gasteiger partial charge in [-0.2, -0.15) is 0 Å². The molecule has 2 N–H and O–H groups in total. The molecule has 0 atom stereocenters. The summed E-state index contributed by atoms with van der Waals surface area (Å²) in [6.07, 6.45) is 1.60. The number of nitrogens with one attached hydrogen (secondary N) is 1. The van der Waals surface area contributed by atoms with Gasteiger partial charge in [-0.05, 0) is 25.0 Å². The molecule has 1 aromatic heterocycles. The molecular weight excluding hydrogens is 276 g/mol. The molecule has 20 heavy (non-hydrogen) atoms. The monoisotopic (exact) mass is 292 g/mol. The van der Waals surface area contributed by atoms with Crippen LogP contribution in [-0.2, 0) is 16.1 Å². The van der Waals surface area contributed by atoms with Crippen molar-refractivity contribution in [1.82, 2.24) is 10.3 Å². The highest BCUT2D eigenvalue weighted by Crippen LogP contribution is 2.21. The van der Waals surface area contributed by atoms with E-state index in [2.05, 4.69) is 10.3 Å². The zero-order valence-electron chi connectivity index (χ0n) is 11.0. The normalized spacial score (nSPS) is 10.6. The van der Waals surface area contributed by atoms with Gasteiger partial charge in [0.1, 0.15) is 5.01 Å². The van der Waals surface area contributed by atoms with Crippen molar-refractivity contribution in [1.29, 1.82) is 0 Å². The third-order valence-electron chi connectivity index (χ3n) is 2.82. The number of nitrogens with zero attached hydrogens (tertiary/aromatic N) is 1. The molecule has 0 saturated carbocycles. The number of aromatic nitrogens is 1. The molecule has 0 unspecified atom stereocenters. The number of hydrogen-bond donors (Lipinski definition) is 2. The number of fused-ring (bicyclic) bond motifs is 1. The first-order chi connectivity index (χ1) is 9.65. The van der Waals surface area contributed by atoms with E-state index in [1.807, 2.05) is 24.3 Å². The zero-order valence-corrected chi connectivity index (χ0v) is 11.8. The lowest BCUT2D eigenvalue weighted by Gasteiger charge is -2.02. The van der Waals surface area contributed by atoms with E-state index in [0.29, 0.717) is 25.8 Å². The van der Waals surface area contributed by atoms with Gasteiger partial charge in [0.05, 0.1) is 16.8 Å². The first kappa shape index (κ1) is 14.5. The highest BCUT2D eigenvalue weighted by atomic mass is 32.1. The summed E-state index contributed by atoms with van der Waals surface area (Å²) in [6.45, 7) is 0.428. The fraction of sp³-hybridized carbons (Fsp3) is 0.357. The van der Waals surface area contributed by atoms with Crippen LogP contribution in [0.5, 0.6) is 0 Å². The molecule has 1 aromatic carbocycles. The standard InChI is InChI=1S/C14H16N2O3S/c17-12(7-3-4-8-14(18)19)15-9-13-16-10-5-1-2-6-11(10)20-13/h1-2,5-6H,3-4,7-9H2,(H,15,17)(H,18,19). The molecule has 0 bridgehead atoms. The number of amides is 1. The van der Waals surface area contributed by atoms with Crippen LogP contribution >= 0.6 is 11.3 Å². The molecule has 5 nitrogen and oxygen atoms in total. The fourth-order valence-corrected chi connectivity index (χ4v) is 2.73. The zero-order chi connectivity index (χ0) is 14.4. The van der Waals surface area contributed by atoms with Gasteiger partial charge >= 0.3 is 5.97 Å². The molecule has 0 fully saturated rings. The first-order valence-electron chi connectivity index (χ1n) is 6.48. The summed E-state index contributed by atoms with van der Waals surface area (Å²) in [5.74, 6) is -0.880. The molecule has 0 aliphatic carbocycles. The molecule has 106 valence electrons. The molecule has 0 spiro atoms. The lowest BCUT2D eigenvalue weighted by atomic mass is 10.2. The second-order valence-corrected chi connectivity index (χ2v) is 5.57. The van der Waals surface area contributed by atoms with E-state index < -0.39 is 5.97 Å². The Kier molecular flexibility index (Phi) is 5.06. The predicted octanol–water partition coefficient (Wildman–Crippen LogP) is 2.56. The van der Waals surface area contributed by atoms with E-state index >= 15 is 0 Å². The number of benzene rings is 1. The van der Waals surface area contributed by atoms with Crippen molar-refractivity contribution in [2.75, 3.05) is 0 Å². The smallest absolute Gasteiger partial charge is 0.303 e. The van der Waals surface area contributed by atoms with Crippen molar-refractivity contribution in [2.45, 2.75) is 32.2 Å². The maximum Gasteiger partial charge on any atom is 0.303 e. The minimum atomic E-state index is -0.820. The predicted molar refractivity (Wildman–Crippen MR) is 77.6 cm³/mol. The molecule has 1 heterocycles. The Morgan fingerprint density at radius 2 is 1.95 bits per heavy atom. The van der Waals surface area contributed by atoms with Gasteiger partial charge in [0.2, 0.25) is 5.91 Å². The van der Waals surface area contributed by atoms with E-state index in [0.717, 1.165) is 15.2 Å². The summed E-state index contributed by atoms with van der Waals surface area (Å²) in [5.41, 5.74) is 0.947. The Balaban J connectivity index is 1.74. The van der Waals surface area contributed by atoms with Crippen molar-refractivity contribution in [3.8, 4) is 0 Å². The summed E-state index contributed by atoms with van der Waals surface area (Å²) < 4.78 is 1.11. The Bertz CT molecular complexity index is 576. The molecule has 0 aliphatic rings.